The number of hydrogen-bond acceptors (Lipinski definition) is 5. The van der Waals surface area contributed by atoms with E-state index in [1.54, 1.807) is 55.1 Å². The predicted molar refractivity (Wildman–Crippen MR) is 134 cm³/mol. The van der Waals surface area contributed by atoms with Crippen molar-refractivity contribution in [2.45, 2.75) is 18.9 Å². The lowest BCUT2D eigenvalue weighted by atomic mass is 10.0. The summed E-state index contributed by atoms with van der Waals surface area (Å²) in [6, 6.07) is 15.9. The van der Waals surface area contributed by atoms with Gasteiger partial charge in [0.1, 0.15) is 5.82 Å². The van der Waals surface area contributed by atoms with Gasteiger partial charge >= 0.3 is 0 Å². The first-order valence-corrected chi connectivity index (χ1v) is 11.4. The van der Waals surface area contributed by atoms with E-state index in [9.17, 15) is 9.59 Å². The highest BCUT2D eigenvalue weighted by Gasteiger charge is 2.20. The van der Waals surface area contributed by atoms with Crippen molar-refractivity contribution >= 4 is 28.4 Å². The van der Waals surface area contributed by atoms with E-state index in [0.717, 1.165) is 22.3 Å². The van der Waals surface area contributed by atoms with Crippen molar-refractivity contribution in [1.82, 2.24) is 30.5 Å². The van der Waals surface area contributed by atoms with Crippen LogP contribution in [0, 0.1) is 0 Å². The minimum Gasteiger partial charge on any atom is -0.346 e. The Morgan fingerprint density at radius 1 is 1.03 bits per heavy atom. The number of benzene rings is 2. The Bertz CT molecular complexity index is 1520. The summed E-state index contributed by atoms with van der Waals surface area (Å²) in [5, 5.41) is 10.8. The van der Waals surface area contributed by atoms with Crippen molar-refractivity contribution in [3.63, 3.8) is 0 Å². The predicted octanol–water partition coefficient (Wildman–Crippen LogP) is 4.00. The molecule has 0 unspecified atom stereocenters. The van der Waals surface area contributed by atoms with Crippen LogP contribution in [0.1, 0.15) is 23.0 Å². The van der Waals surface area contributed by atoms with E-state index in [2.05, 4.69) is 25.5 Å². The number of fused-ring (bicyclic) bond motifs is 1. The molecule has 0 saturated heterocycles. The summed E-state index contributed by atoms with van der Waals surface area (Å²) in [4.78, 5) is 37.6. The van der Waals surface area contributed by atoms with E-state index in [-0.39, 0.29) is 17.9 Å². The fourth-order valence-electron chi connectivity index (χ4n) is 3.92. The number of halogens is 1. The zero-order valence-corrected chi connectivity index (χ0v) is 19.3. The average molecular weight is 485 g/mol. The second-order valence-corrected chi connectivity index (χ2v) is 8.60. The van der Waals surface area contributed by atoms with Gasteiger partial charge in [-0.25, -0.2) is 4.98 Å². The molecule has 5 aromatic rings. The highest BCUT2D eigenvalue weighted by Crippen LogP contribution is 2.23. The molecule has 3 N–H and O–H groups in total. The van der Waals surface area contributed by atoms with Gasteiger partial charge < -0.3 is 10.3 Å². The molecule has 0 aliphatic heterocycles. The van der Waals surface area contributed by atoms with Crippen molar-refractivity contribution in [3.8, 4) is 11.1 Å². The molecular weight excluding hydrogens is 464 g/mol. The van der Waals surface area contributed by atoms with Gasteiger partial charge in [0.2, 0.25) is 5.91 Å². The highest BCUT2D eigenvalue weighted by molar-refractivity contribution is 6.30. The molecule has 0 aliphatic carbocycles. The Balaban J connectivity index is 1.48. The number of H-pyrrole nitrogens is 2. The highest BCUT2D eigenvalue weighted by atomic mass is 35.5. The number of nitrogens with zero attached hydrogens (tertiary/aromatic N) is 3. The monoisotopic (exact) mass is 484 g/mol. The topological polar surface area (TPSA) is 116 Å². The van der Waals surface area contributed by atoms with E-state index in [1.165, 1.54) is 0 Å². The van der Waals surface area contributed by atoms with Gasteiger partial charge in [0, 0.05) is 29.2 Å². The van der Waals surface area contributed by atoms with Crippen LogP contribution < -0.4 is 10.9 Å². The van der Waals surface area contributed by atoms with Crippen LogP contribution in [0.2, 0.25) is 5.02 Å². The largest absolute Gasteiger partial charge is 0.346 e. The Hall–Kier alpha value is -4.30. The molecule has 0 fully saturated rings. The Labute approximate surface area is 205 Å². The SMILES string of the molecule is O=C(Cc1cccnc1)N[C@H](Cc1ccc(Cl)cc1)c1nc2ccc(-c3cn[nH]c3)cc2c(=O)[nH]1. The molecule has 1 amide bonds. The van der Waals surface area contributed by atoms with Crippen LogP contribution >= 0.6 is 11.6 Å². The summed E-state index contributed by atoms with van der Waals surface area (Å²) in [5.41, 5.74) is 3.73. The molecule has 0 aliphatic rings. The quantitative estimate of drug-likeness (QED) is 0.323. The third kappa shape index (κ3) is 5.28. The van der Waals surface area contributed by atoms with Crippen molar-refractivity contribution in [2.24, 2.45) is 0 Å². The van der Waals surface area contributed by atoms with Crippen molar-refractivity contribution < 1.29 is 4.79 Å². The summed E-state index contributed by atoms with van der Waals surface area (Å²) in [5.74, 6) is 0.183. The lowest BCUT2D eigenvalue weighted by Crippen LogP contribution is -2.33. The number of nitrogens with one attached hydrogen (secondary N) is 3. The van der Waals surface area contributed by atoms with Crippen LogP contribution in [-0.2, 0) is 17.6 Å². The van der Waals surface area contributed by atoms with Crippen molar-refractivity contribution in [2.75, 3.05) is 0 Å². The van der Waals surface area contributed by atoms with Gasteiger partial charge in [0.25, 0.3) is 5.56 Å². The van der Waals surface area contributed by atoms with Gasteiger partial charge in [-0.15, -0.1) is 0 Å². The molecule has 174 valence electrons. The van der Waals surface area contributed by atoms with E-state index in [0.29, 0.717) is 28.2 Å². The van der Waals surface area contributed by atoms with Gasteiger partial charge in [-0.2, -0.15) is 5.10 Å². The maximum absolute atomic E-state index is 13.0. The van der Waals surface area contributed by atoms with Crippen LogP contribution in [0.15, 0.2) is 84.2 Å². The smallest absolute Gasteiger partial charge is 0.258 e. The second kappa shape index (κ2) is 9.90. The third-order valence-corrected chi connectivity index (χ3v) is 5.91. The molecule has 0 saturated carbocycles. The van der Waals surface area contributed by atoms with E-state index >= 15 is 0 Å². The van der Waals surface area contributed by atoms with Crippen molar-refractivity contribution in [3.05, 3.63) is 112 Å². The minimum absolute atomic E-state index is 0.164. The molecule has 3 aromatic heterocycles. The molecule has 0 radical (unpaired) electrons. The lowest BCUT2D eigenvalue weighted by molar-refractivity contribution is -0.121. The number of pyridine rings is 1. The number of amides is 1. The molecular formula is C26H21ClN6O2. The molecule has 3 heterocycles. The molecule has 9 heteroatoms. The van der Waals surface area contributed by atoms with E-state index in [4.69, 9.17) is 16.6 Å². The molecule has 8 nitrogen and oxygen atoms in total. The van der Waals surface area contributed by atoms with Crippen LogP contribution in [-0.4, -0.2) is 31.1 Å². The van der Waals surface area contributed by atoms with E-state index in [1.807, 2.05) is 24.3 Å². The standard InChI is InChI=1S/C26H21ClN6O2/c27-20-6-3-16(4-7-20)10-23(31-24(34)11-17-2-1-9-28-13-17)25-32-22-8-5-18(19-14-29-30-15-19)12-21(22)26(35)33-25/h1-9,12-15,23H,10-11H2,(H,29,30)(H,31,34)(H,32,33,35)/t23-/m1/s1. The number of carbonyl (C=O) groups is 1. The summed E-state index contributed by atoms with van der Waals surface area (Å²) in [6.07, 6.45) is 7.36. The fourth-order valence-corrected chi connectivity index (χ4v) is 4.04. The number of aromatic nitrogens is 5. The van der Waals surface area contributed by atoms with Gasteiger partial charge in [-0.1, -0.05) is 35.9 Å². The van der Waals surface area contributed by atoms with Crippen LogP contribution in [0.3, 0.4) is 0 Å². The van der Waals surface area contributed by atoms with E-state index < -0.39 is 6.04 Å². The Kier molecular flexibility index (Phi) is 6.36. The molecule has 5 rings (SSSR count). The molecule has 0 spiro atoms. The minimum atomic E-state index is -0.550. The van der Waals surface area contributed by atoms with Crippen molar-refractivity contribution in [1.29, 1.82) is 0 Å². The zero-order chi connectivity index (χ0) is 24.2. The maximum atomic E-state index is 13.0. The first-order valence-electron chi connectivity index (χ1n) is 11.0. The molecule has 2 aromatic carbocycles. The van der Waals surface area contributed by atoms with Crippen LogP contribution in [0.4, 0.5) is 0 Å². The summed E-state index contributed by atoms with van der Waals surface area (Å²) in [6.45, 7) is 0. The normalized spacial score (nSPS) is 11.9. The number of aromatic amines is 2. The number of rotatable bonds is 7. The first-order chi connectivity index (χ1) is 17.0. The van der Waals surface area contributed by atoms with Gasteiger partial charge in [0.15, 0.2) is 0 Å². The first kappa shape index (κ1) is 22.5. The third-order valence-electron chi connectivity index (χ3n) is 5.66. The summed E-state index contributed by atoms with van der Waals surface area (Å²) < 4.78 is 0. The Morgan fingerprint density at radius 2 is 1.89 bits per heavy atom. The second-order valence-electron chi connectivity index (χ2n) is 8.16. The van der Waals surface area contributed by atoms with Crippen LogP contribution in [0.5, 0.6) is 0 Å². The number of hydrogen-bond donors (Lipinski definition) is 3. The Morgan fingerprint density at radius 3 is 2.63 bits per heavy atom. The molecule has 0 bridgehead atoms. The fraction of sp³-hybridized carbons (Fsp3) is 0.115. The van der Waals surface area contributed by atoms with Gasteiger partial charge in [0.05, 0.1) is 29.6 Å². The maximum Gasteiger partial charge on any atom is 0.258 e. The van der Waals surface area contributed by atoms with Gasteiger partial charge in [-0.05, 0) is 53.4 Å². The lowest BCUT2D eigenvalue weighted by Gasteiger charge is -2.19. The van der Waals surface area contributed by atoms with Crippen LogP contribution in [0.25, 0.3) is 22.0 Å². The number of carbonyl (C=O) groups excluding carboxylic acids is 1. The summed E-state index contributed by atoms with van der Waals surface area (Å²) in [7, 11) is 0. The van der Waals surface area contributed by atoms with Gasteiger partial charge in [-0.3, -0.25) is 19.7 Å². The molecule has 1 atom stereocenters. The average Bonchev–Trinajstić information content (AvgIpc) is 3.40. The summed E-state index contributed by atoms with van der Waals surface area (Å²) >= 11 is 6.03. The zero-order valence-electron chi connectivity index (χ0n) is 18.5. The molecule has 35 heavy (non-hydrogen) atoms.